The van der Waals surface area contributed by atoms with Gasteiger partial charge in [-0.15, -0.1) is 11.3 Å². The van der Waals surface area contributed by atoms with Crippen molar-refractivity contribution >= 4 is 28.3 Å². The summed E-state index contributed by atoms with van der Waals surface area (Å²) >= 11 is 1.65. The number of carbonyl (C=O) groups excluding carboxylic acids is 1. The molecule has 0 bridgehead atoms. The molecule has 24 heavy (non-hydrogen) atoms. The Bertz CT molecular complexity index is 837. The average Bonchev–Trinajstić information content (AvgIpc) is 3.20. The number of para-hydroxylation sites is 2. The van der Waals surface area contributed by atoms with Crippen LogP contribution in [-0.4, -0.2) is 26.7 Å². The van der Waals surface area contributed by atoms with Crippen molar-refractivity contribution in [3.8, 4) is 0 Å². The Kier molecular flexibility index (Phi) is 4.08. The zero-order valence-electron chi connectivity index (χ0n) is 13.1. The van der Waals surface area contributed by atoms with Crippen molar-refractivity contribution in [1.82, 2.24) is 14.9 Å². The van der Waals surface area contributed by atoms with Gasteiger partial charge in [-0.2, -0.15) is 0 Å². The number of benzene rings is 1. The second-order valence-corrected chi connectivity index (χ2v) is 7.29. The van der Waals surface area contributed by atoms with E-state index in [4.69, 9.17) is 0 Å². The number of hydrogen-bond acceptors (Lipinski definition) is 4. The van der Waals surface area contributed by atoms with Gasteiger partial charge in [0.25, 0.3) is 0 Å². The van der Waals surface area contributed by atoms with Crippen molar-refractivity contribution in [1.29, 1.82) is 0 Å². The van der Waals surface area contributed by atoms with Crippen LogP contribution in [0.15, 0.2) is 48.1 Å². The van der Waals surface area contributed by atoms with E-state index in [2.05, 4.69) is 10.3 Å². The summed E-state index contributed by atoms with van der Waals surface area (Å²) in [6.45, 7) is 0.248. The van der Waals surface area contributed by atoms with E-state index in [1.54, 1.807) is 17.7 Å². The van der Waals surface area contributed by atoms with Crippen LogP contribution in [0.5, 0.6) is 0 Å². The summed E-state index contributed by atoms with van der Waals surface area (Å²) in [7, 11) is 0. The third-order valence-electron chi connectivity index (χ3n) is 4.63. The molecule has 0 unspecified atom stereocenters. The first-order valence-electron chi connectivity index (χ1n) is 8.11. The van der Waals surface area contributed by atoms with Gasteiger partial charge in [0.2, 0.25) is 5.91 Å². The van der Waals surface area contributed by atoms with E-state index >= 15 is 0 Å². The normalized spacial score (nSPS) is 21.4. The summed E-state index contributed by atoms with van der Waals surface area (Å²) in [6.07, 6.45) is 2.97. The molecule has 2 heterocycles. The second-order valence-electron chi connectivity index (χ2n) is 6.31. The molecule has 5 nitrogen and oxygen atoms in total. The second kappa shape index (κ2) is 6.37. The maximum Gasteiger partial charge on any atom is 0.240 e. The summed E-state index contributed by atoms with van der Waals surface area (Å²) in [5.74, 6) is 0.278. The molecule has 1 aromatic carbocycles. The van der Waals surface area contributed by atoms with Crippen LogP contribution in [0.2, 0.25) is 0 Å². The molecule has 0 aliphatic heterocycles. The lowest BCUT2D eigenvalue weighted by molar-refractivity contribution is -0.123. The number of nitrogens with one attached hydrogen (secondary N) is 1. The monoisotopic (exact) mass is 341 g/mol. The molecular weight excluding hydrogens is 322 g/mol. The highest BCUT2D eigenvalue weighted by Crippen LogP contribution is 2.39. The van der Waals surface area contributed by atoms with Crippen LogP contribution in [0, 0.1) is 5.92 Å². The topological polar surface area (TPSA) is 67.2 Å². The van der Waals surface area contributed by atoms with E-state index in [9.17, 15) is 9.90 Å². The number of aromatic nitrogens is 2. The number of nitrogens with zero attached hydrogens (tertiary/aromatic N) is 2. The molecule has 3 aromatic rings. The molecule has 1 fully saturated rings. The lowest BCUT2D eigenvalue weighted by Gasteiger charge is -2.37. The minimum absolute atomic E-state index is 0.0179. The lowest BCUT2D eigenvalue weighted by atomic mass is 9.77. The van der Waals surface area contributed by atoms with Gasteiger partial charge in [0, 0.05) is 4.88 Å². The van der Waals surface area contributed by atoms with Crippen molar-refractivity contribution < 1.29 is 9.90 Å². The summed E-state index contributed by atoms with van der Waals surface area (Å²) in [6, 6.07) is 11.8. The van der Waals surface area contributed by atoms with Crippen LogP contribution >= 0.6 is 11.3 Å². The highest BCUT2D eigenvalue weighted by molar-refractivity contribution is 7.10. The smallest absolute Gasteiger partial charge is 0.240 e. The predicted octanol–water partition coefficient (Wildman–Crippen LogP) is 2.73. The molecule has 1 amide bonds. The van der Waals surface area contributed by atoms with Gasteiger partial charge in [-0.05, 0) is 42.3 Å². The van der Waals surface area contributed by atoms with E-state index in [1.165, 1.54) is 0 Å². The number of aliphatic hydroxyl groups excluding tert-OH is 1. The van der Waals surface area contributed by atoms with Gasteiger partial charge < -0.3 is 15.0 Å². The SMILES string of the molecule is O=C(Cn1cnc2ccccc21)N[C@@H](c1cccs1)C1CC(O)C1. The van der Waals surface area contributed by atoms with Crippen LogP contribution < -0.4 is 5.32 Å². The van der Waals surface area contributed by atoms with Gasteiger partial charge in [-0.1, -0.05) is 18.2 Å². The Morgan fingerprint density at radius 2 is 2.17 bits per heavy atom. The maximum atomic E-state index is 12.6. The lowest BCUT2D eigenvalue weighted by Crippen LogP contribution is -2.42. The third kappa shape index (κ3) is 2.95. The molecule has 1 atom stereocenters. The van der Waals surface area contributed by atoms with Crippen LogP contribution in [0.4, 0.5) is 0 Å². The van der Waals surface area contributed by atoms with Gasteiger partial charge in [-0.3, -0.25) is 4.79 Å². The minimum atomic E-state index is -0.230. The molecule has 1 aliphatic carbocycles. The third-order valence-corrected chi connectivity index (χ3v) is 5.58. The predicted molar refractivity (Wildman–Crippen MR) is 93.7 cm³/mol. The molecule has 6 heteroatoms. The standard InChI is InChI=1S/C18H19N3O2S/c22-13-8-12(9-13)18(16-6-3-7-24-16)20-17(23)10-21-11-19-14-4-1-2-5-15(14)21/h1-7,11-13,18,22H,8-10H2,(H,20,23)/t12?,13?,18-/m1/s1. The maximum absolute atomic E-state index is 12.6. The Hall–Kier alpha value is -2.18. The van der Waals surface area contributed by atoms with Crippen LogP contribution in [-0.2, 0) is 11.3 Å². The zero-order valence-corrected chi connectivity index (χ0v) is 13.9. The van der Waals surface area contributed by atoms with Gasteiger partial charge >= 0.3 is 0 Å². The minimum Gasteiger partial charge on any atom is -0.393 e. The summed E-state index contributed by atoms with van der Waals surface area (Å²) in [5, 5.41) is 14.8. The summed E-state index contributed by atoms with van der Waals surface area (Å²) in [5.41, 5.74) is 1.85. The molecule has 2 N–H and O–H groups in total. The van der Waals surface area contributed by atoms with Crippen LogP contribution in [0.1, 0.15) is 23.8 Å². The van der Waals surface area contributed by atoms with E-state index in [0.717, 1.165) is 28.8 Å². The number of imidazole rings is 1. The van der Waals surface area contributed by atoms with Crippen molar-refractivity contribution in [2.75, 3.05) is 0 Å². The first-order chi connectivity index (χ1) is 11.7. The number of fused-ring (bicyclic) bond motifs is 1. The van der Waals surface area contributed by atoms with Gasteiger partial charge in [0.15, 0.2) is 0 Å². The van der Waals surface area contributed by atoms with Gasteiger partial charge in [0.05, 0.1) is 29.5 Å². The summed E-state index contributed by atoms with van der Waals surface area (Å²) < 4.78 is 1.87. The average molecular weight is 341 g/mol. The fourth-order valence-electron chi connectivity index (χ4n) is 3.30. The first-order valence-corrected chi connectivity index (χ1v) is 8.99. The Balaban J connectivity index is 1.49. The van der Waals surface area contributed by atoms with E-state index in [0.29, 0.717) is 5.92 Å². The number of aliphatic hydroxyl groups is 1. The van der Waals surface area contributed by atoms with Gasteiger partial charge in [0.1, 0.15) is 6.54 Å². The molecule has 0 spiro atoms. The number of hydrogen-bond donors (Lipinski definition) is 2. The van der Waals surface area contributed by atoms with Crippen molar-refractivity contribution in [3.05, 3.63) is 53.0 Å². The number of amides is 1. The zero-order chi connectivity index (χ0) is 16.5. The Labute approximate surface area is 144 Å². The molecule has 4 rings (SSSR count). The van der Waals surface area contributed by atoms with Crippen molar-refractivity contribution in [2.24, 2.45) is 5.92 Å². The van der Waals surface area contributed by atoms with Crippen LogP contribution in [0.25, 0.3) is 11.0 Å². The van der Waals surface area contributed by atoms with Gasteiger partial charge in [-0.25, -0.2) is 4.98 Å². The fraction of sp³-hybridized carbons (Fsp3) is 0.333. The highest BCUT2D eigenvalue weighted by atomic mass is 32.1. The molecule has 1 aliphatic rings. The van der Waals surface area contributed by atoms with E-state index < -0.39 is 0 Å². The molecular formula is C18H19N3O2S. The molecule has 0 radical (unpaired) electrons. The van der Waals surface area contributed by atoms with E-state index in [1.807, 2.05) is 46.3 Å². The van der Waals surface area contributed by atoms with Crippen molar-refractivity contribution in [3.63, 3.8) is 0 Å². The highest BCUT2D eigenvalue weighted by Gasteiger charge is 2.36. The number of carbonyl (C=O) groups is 1. The largest absolute Gasteiger partial charge is 0.393 e. The van der Waals surface area contributed by atoms with Crippen LogP contribution in [0.3, 0.4) is 0 Å². The van der Waals surface area contributed by atoms with Crippen molar-refractivity contribution in [2.45, 2.75) is 31.5 Å². The fourth-order valence-corrected chi connectivity index (χ4v) is 4.17. The van der Waals surface area contributed by atoms with E-state index in [-0.39, 0.29) is 24.6 Å². The molecule has 124 valence electrons. The summed E-state index contributed by atoms with van der Waals surface area (Å²) in [4.78, 5) is 18.0. The Morgan fingerprint density at radius 1 is 1.33 bits per heavy atom. The molecule has 1 saturated carbocycles. The first kappa shape index (κ1) is 15.4. The Morgan fingerprint density at radius 3 is 2.92 bits per heavy atom. The molecule has 0 saturated heterocycles. The number of thiophene rings is 1. The molecule has 2 aromatic heterocycles. The number of rotatable bonds is 5. The quantitative estimate of drug-likeness (QED) is 0.750.